The van der Waals surface area contributed by atoms with E-state index in [0.717, 1.165) is 11.3 Å². The van der Waals surface area contributed by atoms with Gasteiger partial charge in [-0.1, -0.05) is 18.2 Å². The van der Waals surface area contributed by atoms with Crippen molar-refractivity contribution in [2.24, 2.45) is 0 Å². The van der Waals surface area contributed by atoms with Gasteiger partial charge in [0.05, 0.1) is 13.2 Å². The number of carbonyl (C=O) groups is 1. The maximum Gasteiger partial charge on any atom is 0.317 e. The van der Waals surface area contributed by atoms with Crippen LogP contribution < -0.4 is 10.1 Å². The van der Waals surface area contributed by atoms with Crippen LogP contribution in [-0.4, -0.2) is 42.8 Å². The number of hydrogen-bond donors (Lipinski definition) is 2. The van der Waals surface area contributed by atoms with Gasteiger partial charge in [-0.15, -0.1) is 0 Å². The van der Waals surface area contributed by atoms with Crippen molar-refractivity contribution >= 4 is 6.03 Å². The van der Waals surface area contributed by atoms with E-state index >= 15 is 0 Å². The summed E-state index contributed by atoms with van der Waals surface area (Å²) in [5, 5.41) is 12.0. The molecular formula is C13H20N2O3. The van der Waals surface area contributed by atoms with Crippen molar-refractivity contribution in [1.82, 2.24) is 10.2 Å². The van der Waals surface area contributed by atoms with E-state index in [9.17, 15) is 9.90 Å². The first-order valence-electron chi connectivity index (χ1n) is 5.83. The molecule has 1 aromatic carbocycles. The maximum absolute atomic E-state index is 11.7. The summed E-state index contributed by atoms with van der Waals surface area (Å²) >= 11 is 0. The van der Waals surface area contributed by atoms with Gasteiger partial charge in [-0.05, 0) is 13.0 Å². The number of likely N-dealkylation sites (N-methyl/N-ethyl adjacent to an activating group) is 1. The number of ether oxygens (including phenoxy) is 1. The first kappa shape index (κ1) is 14.3. The van der Waals surface area contributed by atoms with Gasteiger partial charge in [0.25, 0.3) is 0 Å². The van der Waals surface area contributed by atoms with Crippen LogP contribution in [0, 0.1) is 0 Å². The Kier molecular flexibility index (Phi) is 5.45. The Hall–Kier alpha value is -1.75. The fourth-order valence-corrected chi connectivity index (χ4v) is 1.63. The molecule has 1 atom stereocenters. The van der Waals surface area contributed by atoms with Gasteiger partial charge in [0.2, 0.25) is 0 Å². The van der Waals surface area contributed by atoms with Crippen LogP contribution in [0.15, 0.2) is 24.3 Å². The lowest BCUT2D eigenvalue weighted by Gasteiger charge is -2.19. The number of aliphatic hydroxyl groups is 1. The van der Waals surface area contributed by atoms with E-state index in [-0.39, 0.29) is 6.03 Å². The fraction of sp³-hybridized carbons (Fsp3) is 0.462. The average Bonchev–Trinajstić information content (AvgIpc) is 2.35. The number of nitrogens with zero attached hydrogens (tertiary/aromatic N) is 1. The van der Waals surface area contributed by atoms with Crippen LogP contribution in [0.3, 0.4) is 0 Å². The van der Waals surface area contributed by atoms with Gasteiger partial charge < -0.3 is 20.1 Å². The fourth-order valence-electron chi connectivity index (χ4n) is 1.63. The molecule has 18 heavy (non-hydrogen) atoms. The van der Waals surface area contributed by atoms with Gasteiger partial charge in [-0.25, -0.2) is 4.79 Å². The van der Waals surface area contributed by atoms with E-state index in [4.69, 9.17) is 4.74 Å². The van der Waals surface area contributed by atoms with Crippen LogP contribution in [0.4, 0.5) is 4.79 Å². The predicted molar refractivity (Wildman–Crippen MR) is 69.5 cm³/mol. The van der Waals surface area contributed by atoms with Crippen LogP contribution in [0.2, 0.25) is 0 Å². The van der Waals surface area contributed by atoms with Gasteiger partial charge in [0, 0.05) is 25.7 Å². The van der Waals surface area contributed by atoms with Gasteiger partial charge >= 0.3 is 6.03 Å². The second-order valence-corrected chi connectivity index (χ2v) is 4.20. The van der Waals surface area contributed by atoms with Gasteiger partial charge in [-0.2, -0.15) is 0 Å². The molecule has 0 radical (unpaired) electrons. The number of hydrogen-bond acceptors (Lipinski definition) is 3. The summed E-state index contributed by atoms with van der Waals surface area (Å²) in [6, 6.07) is 7.30. The Labute approximate surface area is 107 Å². The molecule has 5 nitrogen and oxygen atoms in total. The van der Waals surface area contributed by atoms with Crippen LogP contribution in [-0.2, 0) is 6.54 Å². The van der Waals surface area contributed by atoms with Crippen molar-refractivity contribution in [3.63, 3.8) is 0 Å². The molecule has 2 amide bonds. The molecule has 0 aliphatic rings. The second-order valence-electron chi connectivity index (χ2n) is 4.20. The number of rotatable bonds is 5. The molecule has 100 valence electrons. The molecule has 0 aliphatic carbocycles. The molecule has 0 spiro atoms. The first-order chi connectivity index (χ1) is 8.54. The summed E-state index contributed by atoms with van der Waals surface area (Å²) < 4.78 is 5.20. The number of para-hydroxylation sites is 1. The summed E-state index contributed by atoms with van der Waals surface area (Å²) in [5.41, 5.74) is 0.916. The normalized spacial score (nSPS) is 11.8. The summed E-state index contributed by atoms with van der Waals surface area (Å²) in [5.74, 6) is 0.746. The highest BCUT2D eigenvalue weighted by Gasteiger charge is 2.11. The Morgan fingerprint density at radius 2 is 2.17 bits per heavy atom. The van der Waals surface area contributed by atoms with Crippen molar-refractivity contribution in [2.45, 2.75) is 19.6 Å². The molecule has 1 unspecified atom stereocenters. The average molecular weight is 252 g/mol. The maximum atomic E-state index is 11.7. The molecule has 2 N–H and O–H groups in total. The lowest BCUT2D eigenvalue weighted by Crippen LogP contribution is -2.40. The predicted octanol–water partition coefficient (Wildman–Crippen LogP) is 1.22. The van der Waals surface area contributed by atoms with Crippen molar-refractivity contribution in [1.29, 1.82) is 0 Å². The van der Waals surface area contributed by atoms with Crippen molar-refractivity contribution in [3.8, 4) is 5.75 Å². The minimum atomic E-state index is -0.535. The quantitative estimate of drug-likeness (QED) is 0.828. The number of benzene rings is 1. The third kappa shape index (κ3) is 4.25. The summed E-state index contributed by atoms with van der Waals surface area (Å²) in [6.45, 7) is 2.34. The topological polar surface area (TPSA) is 61.8 Å². The van der Waals surface area contributed by atoms with E-state index in [1.165, 1.54) is 4.90 Å². The molecule has 0 aromatic heterocycles. The van der Waals surface area contributed by atoms with E-state index < -0.39 is 6.10 Å². The zero-order chi connectivity index (χ0) is 13.5. The third-order valence-electron chi connectivity index (χ3n) is 2.51. The molecule has 1 rings (SSSR count). The zero-order valence-electron chi connectivity index (χ0n) is 11.0. The van der Waals surface area contributed by atoms with E-state index in [2.05, 4.69) is 5.32 Å². The molecule has 0 saturated heterocycles. The Balaban J connectivity index is 2.52. The van der Waals surface area contributed by atoms with Crippen molar-refractivity contribution in [3.05, 3.63) is 29.8 Å². The standard InChI is InChI=1S/C13H20N2O3/c1-10(16)9-15(2)13(17)14-8-11-6-4-5-7-12(11)18-3/h4-7,10,16H,8-9H2,1-3H3,(H,14,17). The highest BCUT2D eigenvalue weighted by atomic mass is 16.5. The zero-order valence-corrected chi connectivity index (χ0v) is 11.0. The Morgan fingerprint density at radius 1 is 1.50 bits per heavy atom. The van der Waals surface area contributed by atoms with Crippen LogP contribution in [0.25, 0.3) is 0 Å². The summed E-state index contributed by atoms with van der Waals surface area (Å²) in [7, 11) is 3.24. The Morgan fingerprint density at radius 3 is 2.78 bits per heavy atom. The van der Waals surface area contributed by atoms with E-state index in [0.29, 0.717) is 13.1 Å². The SMILES string of the molecule is COc1ccccc1CNC(=O)N(C)CC(C)O. The van der Waals surface area contributed by atoms with E-state index in [1.54, 1.807) is 21.1 Å². The number of aliphatic hydroxyl groups excluding tert-OH is 1. The molecule has 0 heterocycles. The monoisotopic (exact) mass is 252 g/mol. The van der Waals surface area contributed by atoms with E-state index in [1.807, 2.05) is 24.3 Å². The number of nitrogens with one attached hydrogen (secondary N) is 1. The minimum Gasteiger partial charge on any atom is -0.496 e. The molecule has 1 aromatic rings. The minimum absolute atomic E-state index is 0.221. The first-order valence-corrected chi connectivity index (χ1v) is 5.83. The van der Waals surface area contributed by atoms with Crippen molar-refractivity contribution in [2.75, 3.05) is 20.7 Å². The number of amides is 2. The van der Waals surface area contributed by atoms with Crippen LogP contribution in [0.1, 0.15) is 12.5 Å². The summed E-state index contributed by atoms with van der Waals surface area (Å²) in [4.78, 5) is 13.2. The molecule has 5 heteroatoms. The highest BCUT2D eigenvalue weighted by molar-refractivity contribution is 5.73. The van der Waals surface area contributed by atoms with Gasteiger partial charge in [0.1, 0.15) is 5.75 Å². The largest absolute Gasteiger partial charge is 0.496 e. The molecule has 0 aliphatic heterocycles. The third-order valence-corrected chi connectivity index (χ3v) is 2.51. The van der Waals surface area contributed by atoms with Crippen LogP contribution in [0.5, 0.6) is 5.75 Å². The lowest BCUT2D eigenvalue weighted by molar-refractivity contribution is 0.143. The number of carbonyl (C=O) groups excluding carboxylic acids is 1. The van der Waals surface area contributed by atoms with Gasteiger partial charge in [-0.3, -0.25) is 0 Å². The second kappa shape index (κ2) is 6.86. The lowest BCUT2D eigenvalue weighted by atomic mass is 10.2. The number of urea groups is 1. The highest BCUT2D eigenvalue weighted by Crippen LogP contribution is 2.16. The molecule has 0 saturated carbocycles. The smallest absolute Gasteiger partial charge is 0.317 e. The Bertz CT molecular complexity index is 394. The van der Waals surface area contributed by atoms with Crippen molar-refractivity contribution < 1.29 is 14.6 Å². The number of methoxy groups -OCH3 is 1. The summed E-state index contributed by atoms with van der Waals surface area (Å²) in [6.07, 6.45) is -0.535. The van der Waals surface area contributed by atoms with Gasteiger partial charge in [0.15, 0.2) is 0 Å². The molecule has 0 fully saturated rings. The molecule has 0 bridgehead atoms. The molecular weight excluding hydrogens is 232 g/mol. The van der Waals surface area contributed by atoms with Crippen LogP contribution >= 0.6 is 0 Å².